The number of esters is 1. The Balaban J connectivity index is 1.86. The third-order valence-corrected chi connectivity index (χ3v) is 3.63. The summed E-state index contributed by atoms with van der Waals surface area (Å²) in [6, 6.07) is 13.5. The van der Waals surface area contributed by atoms with Crippen LogP contribution in [0.5, 0.6) is 0 Å². The molecule has 0 saturated carbocycles. The summed E-state index contributed by atoms with van der Waals surface area (Å²) in [6.45, 7) is 0. The van der Waals surface area contributed by atoms with Gasteiger partial charge in [-0.1, -0.05) is 30.3 Å². The quantitative estimate of drug-likeness (QED) is 0.744. The lowest BCUT2D eigenvalue weighted by Crippen LogP contribution is -2.26. The van der Waals surface area contributed by atoms with E-state index >= 15 is 0 Å². The molecule has 3 rings (SSSR count). The lowest BCUT2D eigenvalue weighted by molar-refractivity contribution is -0.127. The minimum absolute atomic E-state index is 0.294. The number of aromatic nitrogens is 2. The van der Waals surface area contributed by atoms with Gasteiger partial charge in [0.15, 0.2) is 0 Å². The Bertz CT molecular complexity index is 832. The standard InChI is InChI=1S/C15H11N3O3S/c16-14(19)13(9-4-2-1-3-5-9)21-15(20)10-6-7-11-12(8-10)18-22-17-11/h1-8,13H,(H2,16,19). The van der Waals surface area contributed by atoms with Gasteiger partial charge in [0.2, 0.25) is 6.10 Å². The smallest absolute Gasteiger partial charge is 0.339 e. The Morgan fingerprint density at radius 2 is 1.77 bits per heavy atom. The molecule has 1 atom stereocenters. The molecule has 3 aromatic rings. The molecule has 1 aromatic heterocycles. The monoisotopic (exact) mass is 313 g/mol. The van der Waals surface area contributed by atoms with Crippen LogP contribution in [0.1, 0.15) is 22.0 Å². The molecule has 0 spiro atoms. The van der Waals surface area contributed by atoms with Crippen LogP contribution in [0.3, 0.4) is 0 Å². The van der Waals surface area contributed by atoms with Crippen molar-refractivity contribution in [3.8, 4) is 0 Å². The summed E-state index contributed by atoms with van der Waals surface area (Å²) in [4.78, 5) is 23.8. The molecule has 1 unspecified atom stereocenters. The molecule has 1 amide bonds. The molecular weight excluding hydrogens is 302 g/mol. The minimum atomic E-state index is -1.13. The average Bonchev–Trinajstić information content (AvgIpc) is 3.00. The number of benzene rings is 2. The van der Waals surface area contributed by atoms with Crippen molar-refractivity contribution in [1.82, 2.24) is 8.75 Å². The molecule has 6 nitrogen and oxygen atoms in total. The van der Waals surface area contributed by atoms with Gasteiger partial charge in [-0.25, -0.2) is 4.79 Å². The molecule has 1 heterocycles. The van der Waals surface area contributed by atoms with E-state index in [9.17, 15) is 9.59 Å². The fourth-order valence-electron chi connectivity index (χ4n) is 2.00. The number of nitrogens with zero attached hydrogens (tertiary/aromatic N) is 2. The van der Waals surface area contributed by atoms with Crippen molar-refractivity contribution in [2.45, 2.75) is 6.10 Å². The topological polar surface area (TPSA) is 95.2 Å². The summed E-state index contributed by atoms with van der Waals surface area (Å²) in [6.07, 6.45) is -1.13. The zero-order chi connectivity index (χ0) is 15.5. The van der Waals surface area contributed by atoms with Crippen LogP contribution in [0.25, 0.3) is 11.0 Å². The summed E-state index contributed by atoms with van der Waals surface area (Å²) < 4.78 is 13.4. The summed E-state index contributed by atoms with van der Waals surface area (Å²) >= 11 is 1.06. The number of hydrogen-bond acceptors (Lipinski definition) is 6. The normalized spacial score (nSPS) is 12.0. The van der Waals surface area contributed by atoms with Crippen LogP contribution < -0.4 is 5.73 Å². The Morgan fingerprint density at radius 3 is 2.50 bits per heavy atom. The molecule has 0 bridgehead atoms. The van der Waals surface area contributed by atoms with Gasteiger partial charge in [0.1, 0.15) is 11.0 Å². The van der Waals surface area contributed by atoms with Gasteiger partial charge in [-0.2, -0.15) is 8.75 Å². The first-order valence-electron chi connectivity index (χ1n) is 6.43. The molecule has 0 aliphatic carbocycles. The van der Waals surface area contributed by atoms with E-state index in [0.717, 1.165) is 11.7 Å². The van der Waals surface area contributed by atoms with Crippen molar-refractivity contribution in [3.05, 3.63) is 59.7 Å². The number of fused-ring (bicyclic) bond motifs is 1. The Kier molecular flexibility index (Phi) is 3.80. The SMILES string of the molecule is NC(=O)C(OC(=O)c1ccc2nsnc2c1)c1ccccc1. The van der Waals surface area contributed by atoms with Gasteiger partial charge >= 0.3 is 5.97 Å². The second-order valence-corrected chi connectivity index (χ2v) is 5.09. The molecule has 0 fully saturated rings. The first-order valence-corrected chi connectivity index (χ1v) is 7.16. The van der Waals surface area contributed by atoms with E-state index in [-0.39, 0.29) is 0 Å². The second-order valence-electron chi connectivity index (χ2n) is 4.57. The fourth-order valence-corrected chi connectivity index (χ4v) is 2.52. The van der Waals surface area contributed by atoms with Gasteiger partial charge in [-0.3, -0.25) is 4.79 Å². The van der Waals surface area contributed by atoms with Crippen molar-refractivity contribution >= 4 is 34.6 Å². The average molecular weight is 313 g/mol. The minimum Gasteiger partial charge on any atom is -0.444 e. The second kappa shape index (κ2) is 5.90. The van der Waals surface area contributed by atoms with E-state index in [0.29, 0.717) is 22.2 Å². The van der Waals surface area contributed by atoms with Crippen LogP contribution in [-0.2, 0) is 9.53 Å². The van der Waals surface area contributed by atoms with Crippen LogP contribution in [0.4, 0.5) is 0 Å². The van der Waals surface area contributed by atoms with Crippen LogP contribution >= 0.6 is 11.7 Å². The maximum Gasteiger partial charge on any atom is 0.339 e. The van der Waals surface area contributed by atoms with E-state index < -0.39 is 18.0 Å². The maximum absolute atomic E-state index is 12.2. The van der Waals surface area contributed by atoms with Crippen molar-refractivity contribution in [2.75, 3.05) is 0 Å². The molecule has 0 radical (unpaired) electrons. The predicted octanol–water partition coefficient (Wildman–Crippen LogP) is 2.07. The van der Waals surface area contributed by atoms with Gasteiger partial charge in [0.05, 0.1) is 17.3 Å². The first-order chi connectivity index (χ1) is 10.6. The first kappa shape index (κ1) is 14.2. The fraction of sp³-hybridized carbons (Fsp3) is 0.0667. The van der Waals surface area contributed by atoms with Gasteiger partial charge < -0.3 is 10.5 Å². The highest BCUT2D eigenvalue weighted by Crippen LogP contribution is 2.20. The van der Waals surface area contributed by atoms with E-state index in [4.69, 9.17) is 10.5 Å². The van der Waals surface area contributed by atoms with Crippen molar-refractivity contribution in [3.63, 3.8) is 0 Å². The van der Waals surface area contributed by atoms with Gasteiger partial charge in [-0.05, 0) is 18.2 Å². The van der Waals surface area contributed by atoms with Crippen molar-refractivity contribution in [1.29, 1.82) is 0 Å². The largest absolute Gasteiger partial charge is 0.444 e. The molecular formula is C15H11N3O3S. The predicted molar refractivity (Wildman–Crippen MR) is 81.2 cm³/mol. The molecule has 0 aliphatic rings. The summed E-state index contributed by atoms with van der Waals surface area (Å²) in [5.74, 6) is -1.36. The van der Waals surface area contributed by atoms with Crippen LogP contribution in [-0.4, -0.2) is 20.6 Å². The molecule has 110 valence electrons. The number of nitrogens with two attached hydrogens (primary N) is 1. The molecule has 7 heteroatoms. The van der Waals surface area contributed by atoms with Crippen LogP contribution in [0.15, 0.2) is 48.5 Å². The highest BCUT2D eigenvalue weighted by molar-refractivity contribution is 7.00. The zero-order valence-corrected chi connectivity index (χ0v) is 12.1. The lowest BCUT2D eigenvalue weighted by atomic mass is 10.1. The lowest BCUT2D eigenvalue weighted by Gasteiger charge is -2.15. The van der Waals surface area contributed by atoms with Crippen molar-refractivity contribution < 1.29 is 14.3 Å². The molecule has 0 saturated heterocycles. The Labute approximate surface area is 129 Å². The van der Waals surface area contributed by atoms with Gasteiger partial charge in [-0.15, -0.1) is 0 Å². The number of rotatable bonds is 4. The van der Waals surface area contributed by atoms with E-state index in [1.807, 2.05) is 0 Å². The van der Waals surface area contributed by atoms with Gasteiger partial charge in [0, 0.05) is 5.56 Å². The number of hydrogen-bond donors (Lipinski definition) is 1. The number of ether oxygens (including phenoxy) is 1. The van der Waals surface area contributed by atoms with Crippen LogP contribution in [0.2, 0.25) is 0 Å². The molecule has 2 N–H and O–H groups in total. The molecule has 2 aromatic carbocycles. The van der Waals surface area contributed by atoms with Gasteiger partial charge in [0.25, 0.3) is 5.91 Å². The molecule has 22 heavy (non-hydrogen) atoms. The third kappa shape index (κ3) is 2.79. The Hall–Kier alpha value is -2.80. The number of carbonyl (C=O) groups is 2. The summed E-state index contributed by atoms with van der Waals surface area (Å²) in [5.41, 5.74) is 7.46. The van der Waals surface area contributed by atoms with Crippen LogP contribution in [0, 0.1) is 0 Å². The highest BCUT2D eigenvalue weighted by atomic mass is 32.1. The number of carbonyl (C=O) groups excluding carboxylic acids is 2. The molecule has 0 aliphatic heterocycles. The summed E-state index contributed by atoms with van der Waals surface area (Å²) in [7, 11) is 0. The van der Waals surface area contributed by atoms with E-state index in [1.54, 1.807) is 48.5 Å². The zero-order valence-electron chi connectivity index (χ0n) is 11.3. The number of amides is 1. The summed E-state index contributed by atoms with van der Waals surface area (Å²) in [5, 5.41) is 0. The van der Waals surface area contributed by atoms with E-state index in [2.05, 4.69) is 8.75 Å². The van der Waals surface area contributed by atoms with Crippen molar-refractivity contribution in [2.24, 2.45) is 5.73 Å². The maximum atomic E-state index is 12.2. The highest BCUT2D eigenvalue weighted by Gasteiger charge is 2.23. The van der Waals surface area contributed by atoms with E-state index in [1.165, 1.54) is 0 Å². The number of primary amides is 1. The third-order valence-electron chi connectivity index (χ3n) is 3.08. The Morgan fingerprint density at radius 1 is 1.05 bits per heavy atom.